The van der Waals surface area contributed by atoms with Crippen molar-refractivity contribution in [2.45, 2.75) is 11.8 Å². The van der Waals surface area contributed by atoms with Gasteiger partial charge in [-0.2, -0.15) is 0 Å². The van der Waals surface area contributed by atoms with Gasteiger partial charge < -0.3 is 5.32 Å². The quantitative estimate of drug-likeness (QED) is 0.909. The lowest BCUT2D eigenvalue weighted by molar-refractivity contribution is 0.0967. The zero-order valence-electron chi connectivity index (χ0n) is 11.0. The number of hydrogen-bond donors (Lipinski definition) is 2. The van der Waals surface area contributed by atoms with E-state index in [0.717, 1.165) is 16.9 Å². The molecule has 0 saturated carbocycles. The molecule has 1 aromatic carbocycles. The molecule has 2 N–H and O–H groups in total. The number of nitrogens with one attached hydrogen (secondary N) is 2. The predicted molar refractivity (Wildman–Crippen MR) is 79.7 cm³/mol. The zero-order chi connectivity index (χ0) is 14.8. The first-order valence-corrected chi connectivity index (χ1v) is 8.19. The van der Waals surface area contributed by atoms with Gasteiger partial charge in [0.2, 0.25) is 0 Å². The van der Waals surface area contributed by atoms with E-state index in [9.17, 15) is 13.2 Å². The van der Waals surface area contributed by atoms with E-state index in [1.54, 1.807) is 12.1 Å². The van der Waals surface area contributed by atoms with Crippen molar-refractivity contribution in [3.63, 3.8) is 0 Å². The van der Waals surface area contributed by atoms with Crippen molar-refractivity contribution in [2.24, 2.45) is 0 Å². The smallest absolute Gasteiger partial charge is 0.262 e. The van der Waals surface area contributed by atoms with Gasteiger partial charge in [0, 0.05) is 18.1 Å². The number of rotatable bonds is 4. The molecule has 1 aromatic heterocycles. The van der Waals surface area contributed by atoms with E-state index in [1.165, 1.54) is 18.5 Å². The normalized spacial score (nSPS) is 11.1. The van der Waals surface area contributed by atoms with E-state index in [4.69, 9.17) is 0 Å². The summed E-state index contributed by atoms with van der Waals surface area (Å²) in [6.45, 7) is 1.92. The molecular formula is C13H14N2O3S2. The van der Waals surface area contributed by atoms with Crippen molar-refractivity contribution in [1.82, 2.24) is 5.32 Å². The fourth-order valence-corrected chi connectivity index (χ4v) is 3.82. The van der Waals surface area contributed by atoms with Gasteiger partial charge in [0.1, 0.15) is 0 Å². The molecule has 0 unspecified atom stereocenters. The molecule has 0 fully saturated rings. The summed E-state index contributed by atoms with van der Waals surface area (Å²) in [5.41, 5.74) is 1.54. The van der Waals surface area contributed by atoms with Crippen LogP contribution in [0, 0.1) is 6.92 Å². The maximum atomic E-state index is 12.2. The van der Waals surface area contributed by atoms with Crippen molar-refractivity contribution in [3.05, 3.63) is 46.2 Å². The van der Waals surface area contributed by atoms with Gasteiger partial charge in [0.05, 0.1) is 9.77 Å². The number of anilines is 1. The third kappa shape index (κ3) is 3.17. The lowest BCUT2D eigenvalue weighted by Crippen LogP contribution is -2.16. The van der Waals surface area contributed by atoms with Crippen molar-refractivity contribution >= 4 is 33.0 Å². The number of sulfonamides is 1. The molecule has 0 aliphatic rings. The minimum absolute atomic E-state index is 0.0849. The molecule has 2 aromatic rings. The Kier molecular flexibility index (Phi) is 4.10. The number of aryl methyl sites for hydroxylation is 1. The molecular weight excluding hydrogens is 296 g/mol. The average molecular weight is 310 g/mol. The first-order chi connectivity index (χ1) is 9.42. The number of carbonyl (C=O) groups is 1. The number of amides is 1. The van der Waals surface area contributed by atoms with Crippen molar-refractivity contribution in [1.29, 1.82) is 0 Å². The highest BCUT2D eigenvalue weighted by molar-refractivity contribution is 7.92. The van der Waals surface area contributed by atoms with Gasteiger partial charge in [0.15, 0.2) is 0 Å². The van der Waals surface area contributed by atoms with Crippen LogP contribution in [0.2, 0.25) is 0 Å². The van der Waals surface area contributed by atoms with Crippen LogP contribution >= 0.6 is 11.3 Å². The standard InChI is InChI=1S/C13H14N2O3S2/c1-9-3-5-10(6-4-9)15-20(17,18)11-7-12(19-8-11)13(16)14-2/h3-8,15H,1-2H3,(H,14,16). The molecule has 7 heteroatoms. The second kappa shape index (κ2) is 5.64. The average Bonchev–Trinajstić information content (AvgIpc) is 2.91. The predicted octanol–water partition coefficient (Wildman–Crippen LogP) is 2.22. The van der Waals surface area contributed by atoms with Gasteiger partial charge >= 0.3 is 0 Å². The Hall–Kier alpha value is -1.86. The monoisotopic (exact) mass is 310 g/mol. The van der Waals surface area contributed by atoms with Crippen LogP contribution in [0.1, 0.15) is 15.2 Å². The molecule has 0 spiro atoms. The molecule has 1 heterocycles. The van der Waals surface area contributed by atoms with Crippen molar-refractivity contribution in [2.75, 3.05) is 11.8 Å². The van der Waals surface area contributed by atoms with E-state index in [0.29, 0.717) is 10.6 Å². The van der Waals surface area contributed by atoms with Gasteiger partial charge in [-0.15, -0.1) is 11.3 Å². The third-order valence-corrected chi connectivity index (χ3v) is 5.08. The molecule has 0 aliphatic heterocycles. The minimum Gasteiger partial charge on any atom is -0.354 e. The van der Waals surface area contributed by atoms with Gasteiger partial charge in [0.25, 0.3) is 15.9 Å². The Balaban J connectivity index is 2.24. The Bertz CT molecular complexity index is 718. The first-order valence-electron chi connectivity index (χ1n) is 5.82. The molecule has 0 saturated heterocycles. The van der Waals surface area contributed by atoms with Crippen LogP contribution in [0.3, 0.4) is 0 Å². The van der Waals surface area contributed by atoms with Gasteiger partial charge in [-0.05, 0) is 25.1 Å². The van der Waals surface area contributed by atoms with E-state index >= 15 is 0 Å². The van der Waals surface area contributed by atoms with Crippen LogP contribution in [0.15, 0.2) is 40.6 Å². The number of benzene rings is 1. The second-order valence-corrected chi connectivity index (χ2v) is 6.79. The number of thiophene rings is 1. The Labute approximate surface area is 121 Å². The van der Waals surface area contributed by atoms with Gasteiger partial charge in [-0.25, -0.2) is 8.42 Å². The molecule has 0 aliphatic carbocycles. The summed E-state index contributed by atoms with van der Waals surface area (Å²) in [6.07, 6.45) is 0. The third-order valence-electron chi connectivity index (χ3n) is 2.64. The summed E-state index contributed by atoms with van der Waals surface area (Å²) in [7, 11) is -2.17. The highest BCUT2D eigenvalue weighted by Gasteiger charge is 2.18. The fraction of sp³-hybridized carbons (Fsp3) is 0.154. The molecule has 1 amide bonds. The second-order valence-electron chi connectivity index (χ2n) is 4.20. The topological polar surface area (TPSA) is 75.3 Å². The van der Waals surface area contributed by atoms with Gasteiger partial charge in [-0.1, -0.05) is 17.7 Å². The Morgan fingerprint density at radius 1 is 1.20 bits per heavy atom. The molecule has 2 rings (SSSR count). The van der Waals surface area contributed by atoms with Crippen molar-refractivity contribution in [3.8, 4) is 0 Å². The van der Waals surface area contributed by atoms with Crippen LogP contribution in [0.4, 0.5) is 5.69 Å². The molecule has 5 nitrogen and oxygen atoms in total. The molecule has 0 atom stereocenters. The summed E-state index contributed by atoms with van der Waals surface area (Å²) in [6, 6.07) is 8.39. The summed E-state index contributed by atoms with van der Waals surface area (Å²) < 4.78 is 26.8. The van der Waals surface area contributed by atoms with Crippen LogP contribution in [0.25, 0.3) is 0 Å². The lowest BCUT2D eigenvalue weighted by Gasteiger charge is -2.06. The van der Waals surface area contributed by atoms with E-state index in [1.807, 2.05) is 19.1 Å². The molecule has 20 heavy (non-hydrogen) atoms. The Morgan fingerprint density at radius 3 is 2.45 bits per heavy atom. The summed E-state index contributed by atoms with van der Waals surface area (Å²) >= 11 is 1.09. The van der Waals surface area contributed by atoms with Crippen molar-refractivity contribution < 1.29 is 13.2 Å². The maximum Gasteiger partial charge on any atom is 0.262 e. The van der Waals surface area contributed by atoms with Crippen LogP contribution in [0.5, 0.6) is 0 Å². The Morgan fingerprint density at radius 2 is 1.85 bits per heavy atom. The largest absolute Gasteiger partial charge is 0.354 e. The first kappa shape index (κ1) is 14.5. The zero-order valence-corrected chi connectivity index (χ0v) is 12.6. The molecule has 0 bridgehead atoms. The molecule has 0 radical (unpaired) electrons. The van der Waals surface area contributed by atoms with Crippen LogP contribution in [-0.4, -0.2) is 21.4 Å². The van der Waals surface area contributed by atoms with Crippen LogP contribution in [-0.2, 0) is 10.0 Å². The number of hydrogen-bond acceptors (Lipinski definition) is 4. The highest BCUT2D eigenvalue weighted by Crippen LogP contribution is 2.22. The van der Waals surface area contributed by atoms with Crippen LogP contribution < -0.4 is 10.0 Å². The summed E-state index contributed by atoms with van der Waals surface area (Å²) in [4.78, 5) is 11.9. The van der Waals surface area contributed by atoms with Gasteiger partial charge in [-0.3, -0.25) is 9.52 Å². The van der Waals surface area contributed by atoms with E-state index < -0.39 is 10.0 Å². The fourth-order valence-electron chi connectivity index (χ4n) is 1.54. The SMILES string of the molecule is CNC(=O)c1cc(S(=O)(=O)Nc2ccc(C)cc2)cs1. The maximum absolute atomic E-state index is 12.2. The number of carbonyl (C=O) groups excluding carboxylic acids is 1. The highest BCUT2D eigenvalue weighted by atomic mass is 32.2. The minimum atomic E-state index is -3.67. The van der Waals surface area contributed by atoms with E-state index in [2.05, 4.69) is 10.0 Å². The molecule has 106 valence electrons. The summed E-state index contributed by atoms with van der Waals surface area (Å²) in [5, 5.41) is 3.90. The lowest BCUT2D eigenvalue weighted by atomic mass is 10.2. The van der Waals surface area contributed by atoms with E-state index in [-0.39, 0.29) is 10.8 Å². The summed E-state index contributed by atoms with van der Waals surface area (Å²) in [5.74, 6) is -0.299.